The lowest BCUT2D eigenvalue weighted by Gasteiger charge is -2.20. The van der Waals surface area contributed by atoms with Crippen molar-refractivity contribution in [3.05, 3.63) is 85.5 Å². The van der Waals surface area contributed by atoms with Crippen LogP contribution >= 0.6 is 0 Å². The highest BCUT2D eigenvalue weighted by Gasteiger charge is 2.23. The largest absolute Gasteiger partial charge is 0.311 e. The van der Waals surface area contributed by atoms with Crippen LogP contribution in [0.15, 0.2) is 84.8 Å². The van der Waals surface area contributed by atoms with Crippen LogP contribution in [0, 0.1) is 0 Å². The first-order chi connectivity index (χ1) is 12.4. The minimum atomic E-state index is -3.67. The van der Waals surface area contributed by atoms with Crippen LogP contribution in [0.2, 0.25) is 0 Å². The highest BCUT2D eigenvalue weighted by molar-refractivity contribution is 7.89. The maximum atomic E-state index is 12.7. The first-order valence-electron chi connectivity index (χ1n) is 8.07. The first kappa shape index (κ1) is 19.6. The fourth-order valence-corrected chi connectivity index (χ4v) is 3.82. The summed E-state index contributed by atoms with van der Waals surface area (Å²) < 4.78 is 26.6. The van der Waals surface area contributed by atoms with Crippen molar-refractivity contribution in [3.63, 3.8) is 0 Å². The minimum absolute atomic E-state index is 0.125. The summed E-state index contributed by atoms with van der Waals surface area (Å²) in [4.78, 5) is 14.2. The molecule has 0 unspecified atom stereocenters. The van der Waals surface area contributed by atoms with Gasteiger partial charge in [-0.05, 0) is 36.4 Å². The smallest absolute Gasteiger partial charge is 0.258 e. The van der Waals surface area contributed by atoms with Crippen molar-refractivity contribution in [3.8, 4) is 0 Å². The van der Waals surface area contributed by atoms with E-state index in [1.807, 2.05) is 30.3 Å². The number of rotatable bonds is 8. The Hall–Kier alpha value is -2.70. The van der Waals surface area contributed by atoms with Gasteiger partial charge in [-0.15, -0.1) is 13.2 Å². The average molecular weight is 370 g/mol. The Balaban J connectivity index is 2.25. The number of carbonyl (C=O) groups excluding carboxylic acids is 1. The fraction of sp³-hybridized carbons (Fsp3) is 0.150. The second-order valence-corrected chi connectivity index (χ2v) is 7.56. The zero-order valence-corrected chi connectivity index (χ0v) is 15.5. The van der Waals surface area contributed by atoms with Crippen molar-refractivity contribution >= 4 is 21.6 Å². The number of hydrogen-bond acceptors (Lipinski definition) is 3. The van der Waals surface area contributed by atoms with Gasteiger partial charge in [0.2, 0.25) is 10.0 Å². The molecule has 0 aliphatic heterocycles. The Kier molecular flexibility index (Phi) is 6.49. The summed E-state index contributed by atoms with van der Waals surface area (Å²) in [5, 5.41) is 0. The normalized spacial score (nSPS) is 11.2. The molecule has 0 saturated carbocycles. The molecule has 26 heavy (non-hydrogen) atoms. The number of hydrogen-bond donors (Lipinski definition) is 0. The SMILES string of the molecule is C=CCN(CC=C)S(=O)(=O)c1ccc(C(=O)N(C)c2ccccc2)cc1. The van der Waals surface area contributed by atoms with Gasteiger partial charge in [-0.25, -0.2) is 8.42 Å². The second kappa shape index (κ2) is 8.60. The molecule has 0 bridgehead atoms. The molecular formula is C20H22N2O3S. The Morgan fingerprint density at radius 3 is 2.00 bits per heavy atom. The lowest BCUT2D eigenvalue weighted by Crippen LogP contribution is -2.31. The van der Waals surface area contributed by atoms with E-state index in [9.17, 15) is 13.2 Å². The Bertz CT molecular complexity index is 865. The summed E-state index contributed by atoms with van der Waals surface area (Å²) in [6.45, 7) is 7.54. The van der Waals surface area contributed by atoms with Crippen LogP contribution in [0.5, 0.6) is 0 Å². The number of nitrogens with zero attached hydrogens (tertiary/aromatic N) is 2. The molecular weight excluding hydrogens is 348 g/mol. The van der Waals surface area contributed by atoms with Crippen molar-refractivity contribution < 1.29 is 13.2 Å². The molecule has 0 fully saturated rings. The summed E-state index contributed by atoms with van der Waals surface area (Å²) in [6.07, 6.45) is 3.04. The van der Waals surface area contributed by atoms with Crippen LogP contribution in [0.4, 0.5) is 5.69 Å². The van der Waals surface area contributed by atoms with Gasteiger partial charge in [0.25, 0.3) is 5.91 Å². The van der Waals surface area contributed by atoms with Gasteiger partial charge in [-0.1, -0.05) is 30.4 Å². The van der Waals surface area contributed by atoms with Gasteiger partial charge in [0, 0.05) is 31.4 Å². The summed E-state index contributed by atoms with van der Waals surface area (Å²) in [5.74, 6) is -0.214. The molecule has 0 heterocycles. The van der Waals surface area contributed by atoms with Gasteiger partial charge < -0.3 is 4.90 Å². The Morgan fingerprint density at radius 1 is 0.962 bits per heavy atom. The van der Waals surface area contributed by atoms with E-state index in [4.69, 9.17) is 0 Å². The van der Waals surface area contributed by atoms with Gasteiger partial charge >= 0.3 is 0 Å². The summed E-state index contributed by atoms with van der Waals surface area (Å²) >= 11 is 0. The maximum absolute atomic E-state index is 12.7. The van der Waals surface area contributed by atoms with E-state index in [0.29, 0.717) is 5.56 Å². The maximum Gasteiger partial charge on any atom is 0.258 e. The highest BCUT2D eigenvalue weighted by atomic mass is 32.2. The number of benzene rings is 2. The Labute approximate surface area is 154 Å². The van der Waals surface area contributed by atoms with Crippen molar-refractivity contribution in [1.29, 1.82) is 0 Å². The third-order valence-corrected chi connectivity index (χ3v) is 5.70. The number of anilines is 1. The average Bonchev–Trinajstić information content (AvgIpc) is 2.67. The molecule has 2 aromatic rings. The Morgan fingerprint density at radius 2 is 1.50 bits per heavy atom. The quantitative estimate of drug-likeness (QED) is 0.670. The monoisotopic (exact) mass is 370 g/mol. The van der Waals surface area contributed by atoms with E-state index in [-0.39, 0.29) is 23.9 Å². The predicted octanol–water partition coefficient (Wildman–Crippen LogP) is 3.33. The number of para-hydroxylation sites is 1. The zero-order valence-electron chi connectivity index (χ0n) is 14.7. The van der Waals surface area contributed by atoms with Crippen LogP contribution in [0.1, 0.15) is 10.4 Å². The van der Waals surface area contributed by atoms with E-state index >= 15 is 0 Å². The molecule has 0 radical (unpaired) electrons. The van der Waals surface area contributed by atoms with Crippen LogP contribution in [0.25, 0.3) is 0 Å². The fourth-order valence-electron chi connectivity index (χ4n) is 2.44. The highest BCUT2D eigenvalue weighted by Crippen LogP contribution is 2.19. The minimum Gasteiger partial charge on any atom is -0.311 e. The zero-order chi connectivity index (χ0) is 19.2. The third kappa shape index (κ3) is 4.28. The lowest BCUT2D eigenvalue weighted by molar-refractivity contribution is 0.0993. The number of carbonyl (C=O) groups is 1. The summed E-state index contributed by atoms with van der Waals surface area (Å²) in [5.41, 5.74) is 1.17. The second-order valence-electron chi connectivity index (χ2n) is 5.62. The molecule has 0 atom stereocenters. The molecule has 6 heteroatoms. The molecule has 0 aromatic heterocycles. The first-order valence-corrected chi connectivity index (χ1v) is 9.51. The molecule has 5 nitrogen and oxygen atoms in total. The molecule has 136 valence electrons. The molecule has 0 aliphatic carbocycles. The molecule has 0 aliphatic rings. The van der Waals surface area contributed by atoms with Gasteiger partial charge in [-0.3, -0.25) is 4.79 Å². The van der Waals surface area contributed by atoms with E-state index in [1.54, 1.807) is 7.05 Å². The van der Waals surface area contributed by atoms with Crippen LogP contribution < -0.4 is 4.90 Å². The molecule has 0 spiro atoms. The molecule has 1 amide bonds. The number of sulfonamides is 1. The van der Waals surface area contributed by atoms with E-state index in [1.165, 1.54) is 45.6 Å². The van der Waals surface area contributed by atoms with Crippen molar-refractivity contribution in [1.82, 2.24) is 4.31 Å². The van der Waals surface area contributed by atoms with Crippen LogP contribution in [-0.2, 0) is 10.0 Å². The van der Waals surface area contributed by atoms with Gasteiger partial charge in [-0.2, -0.15) is 4.31 Å². The topological polar surface area (TPSA) is 57.7 Å². The van der Waals surface area contributed by atoms with Crippen molar-refractivity contribution in [2.75, 3.05) is 25.0 Å². The molecule has 2 rings (SSSR count). The summed E-state index contributed by atoms with van der Waals surface area (Å²) in [6, 6.07) is 15.2. The van der Waals surface area contributed by atoms with Gasteiger partial charge in [0.15, 0.2) is 0 Å². The standard InChI is InChI=1S/C20H22N2O3S/c1-4-15-22(16-5-2)26(24,25)19-13-11-17(12-14-19)20(23)21(3)18-9-7-6-8-10-18/h4-14H,1-2,15-16H2,3H3. The van der Waals surface area contributed by atoms with Crippen LogP contribution in [0.3, 0.4) is 0 Å². The van der Waals surface area contributed by atoms with E-state index in [0.717, 1.165) is 5.69 Å². The predicted molar refractivity (Wildman–Crippen MR) is 105 cm³/mol. The van der Waals surface area contributed by atoms with Crippen molar-refractivity contribution in [2.45, 2.75) is 4.90 Å². The van der Waals surface area contributed by atoms with E-state index < -0.39 is 10.0 Å². The van der Waals surface area contributed by atoms with Crippen molar-refractivity contribution in [2.24, 2.45) is 0 Å². The molecule has 0 N–H and O–H groups in total. The third-order valence-electron chi connectivity index (χ3n) is 3.85. The lowest BCUT2D eigenvalue weighted by atomic mass is 10.2. The number of amides is 1. The van der Waals surface area contributed by atoms with Crippen LogP contribution in [-0.4, -0.2) is 38.8 Å². The molecule has 0 saturated heterocycles. The van der Waals surface area contributed by atoms with Gasteiger partial charge in [0.1, 0.15) is 0 Å². The summed E-state index contributed by atoms with van der Waals surface area (Å²) in [7, 11) is -2.00. The van der Waals surface area contributed by atoms with Gasteiger partial charge in [0.05, 0.1) is 4.90 Å². The molecule has 2 aromatic carbocycles. The van der Waals surface area contributed by atoms with E-state index in [2.05, 4.69) is 13.2 Å².